The summed E-state index contributed by atoms with van der Waals surface area (Å²) in [6, 6.07) is 11.1. The first-order valence-electron chi connectivity index (χ1n) is 15.3. The van der Waals surface area contributed by atoms with Crippen LogP contribution in [0.25, 0.3) is 10.9 Å². The van der Waals surface area contributed by atoms with Crippen LogP contribution in [0.2, 0.25) is 0 Å². The minimum absolute atomic E-state index is 0.0286. The maximum atomic E-state index is 13.7. The molecule has 0 unspecified atom stereocenters. The summed E-state index contributed by atoms with van der Waals surface area (Å²) in [5, 5.41) is 12.3. The number of fused-ring (bicyclic) bond motifs is 1. The van der Waals surface area contributed by atoms with Gasteiger partial charge in [0.15, 0.2) is 0 Å². The second-order valence-electron chi connectivity index (χ2n) is 12.0. The second kappa shape index (κ2) is 13.9. The van der Waals surface area contributed by atoms with Gasteiger partial charge in [0, 0.05) is 29.2 Å². The van der Waals surface area contributed by atoms with E-state index in [4.69, 9.17) is 9.88 Å². The molecule has 3 aromatic rings. The summed E-state index contributed by atoms with van der Waals surface area (Å²) >= 11 is 0. The summed E-state index contributed by atoms with van der Waals surface area (Å²) in [5.41, 5.74) is 1.68. The van der Waals surface area contributed by atoms with Crippen LogP contribution in [0, 0.1) is 17.8 Å². The highest BCUT2D eigenvalue weighted by atomic mass is 32.2. The van der Waals surface area contributed by atoms with Gasteiger partial charge in [-0.1, -0.05) is 12.0 Å². The molecule has 0 bridgehead atoms. The molecule has 0 spiro atoms. The molecule has 1 saturated carbocycles. The average molecular weight is 686 g/mol. The fraction of sp³-hybridized carbons (Fsp3) is 0.500. The van der Waals surface area contributed by atoms with Crippen molar-refractivity contribution < 1.29 is 39.5 Å². The summed E-state index contributed by atoms with van der Waals surface area (Å²) < 4.78 is 110. The maximum Gasteiger partial charge on any atom is 0.406 e. The normalized spacial score (nSPS) is 20.1. The van der Waals surface area contributed by atoms with Crippen molar-refractivity contribution in [3.63, 3.8) is 0 Å². The number of primary sulfonamides is 1. The van der Waals surface area contributed by atoms with Crippen LogP contribution >= 0.6 is 0 Å². The molecule has 1 saturated heterocycles. The van der Waals surface area contributed by atoms with Crippen LogP contribution in [0.1, 0.15) is 44.2 Å². The zero-order valence-electron chi connectivity index (χ0n) is 25.7. The van der Waals surface area contributed by atoms with Crippen molar-refractivity contribution in [3.05, 3.63) is 48.2 Å². The van der Waals surface area contributed by atoms with Crippen LogP contribution < -0.4 is 20.5 Å². The summed E-state index contributed by atoms with van der Waals surface area (Å²) in [6.45, 7) is -0.315. The fourth-order valence-corrected chi connectivity index (χ4v) is 7.06. The average Bonchev–Trinajstić information content (AvgIpc) is 3.35. The van der Waals surface area contributed by atoms with Gasteiger partial charge in [-0.3, -0.25) is 0 Å². The number of hydrogen-bond donors (Lipinski definition) is 3. The van der Waals surface area contributed by atoms with E-state index in [2.05, 4.69) is 27.4 Å². The van der Waals surface area contributed by atoms with Crippen molar-refractivity contribution in [2.24, 2.45) is 11.1 Å². The number of rotatable bonds is 8. The number of halogens is 6. The zero-order chi connectivity index (χ0) is 34.0. The Labute approximate surface area is 269 Å². The van der Waals surface area contributed by atoms with E-state index < -0.39 is 34.8 Å². The minimum Gasteiger partial charge on any atom is -0.495 e. The molecule has 2 aliphatic rings. The molecular formula is C32H37F6N5O3S. The number of aromatic nitrogens is 1. The lowest BCUT2D eigenvalue weighted by molar-refractivity contribution is -0.186. The van der Waals surface area contributed by atoms with Crippen LogP contribution in [0.4, 0.5) is 37.7 Å². The predicted octanol–water partition coefficient (Wildman–Crippen LogP) is 6.32. The number of alkyl halides is 6. The molecule has 256 valence electrons. The van der Waals surface area contributed by atoms with E-state index >= 15 is 0 Å². The number of hydrogen-bond acceptors (Lipinski definition) is 6. The standard InChI is InChI=1S/C32H37F6N5O3S/c1-46-30-19-25(47(39,44)45)11-12-28(30)40-15-3-4-24-18-26-27(5-2-6-29(26)43(24)20-31(33,34)35)41-22-7-9-23(10-8-22)42-16-13-21(14-17-42)32(36,37)38/h2,5-6,11-12,18-19,21-23,40-41H,7-10,13-17,20H2,1H3,(H2,39,44,45). The first-order valence-corrected chi connectivity index (χ1v) is 16.9. The molecule has 0 atom stereocenters. The van der Waals surface area contributed by atoms with E-state index in [0.717, 1.165) is 30.3 Å². The van der Waals surface area contributed by atoms with Gasteiger partial charge in [-0.2, -0.15) is 26.3 Å². The van der Waals surface area contributed by atoms with Gasteiger partial charge in [0.1, 0.15) is 12.3 Å². The largest absolute Gasteiger partial charge is 0.495 e. The Balaban J connectivity index is 1.28. The van der Waals surface area contributed by atoms with Gasteiger partial charge in [-0.05, 0) is 87.9 Å². The number of anilines is 2. The third kappa shape index (κ3) is 8.65. The van der Waals surface area contributed by atoms with Crippen LogP contribution in [0.15, 0.2) is 47.4 Å². The molecule has 1 aliphatic carbocycles. The number of benzene rings is 2. The maximum absolute atomic E-state index is 13.7. The smallest absolute Gasteiger partial charge is 0.406 e. The minimum atomic E-state index is -4.49. The number of sulfonamides is 1. The molecule has 1 aromatic heterocycles. The lowest BCUT2D eigenvalue weighted by Crippen LogP contribution is -2.46. The number of ether oxygens (including phenoxy) is 1. The summed E-state index contributed by atoms with van der Waals surface area (Å²) in [4.78, 5) is 2.04. The molecule has 0 radical (unpaired) electrons. The van der Waals surface area contributed by atoms with Crippen molar-refractivity contribution in [3.8, 4) is 17.6 Å². The van der Waals surface area contributed by atoms with Gasteiger partial charge in [0.2, 0.25) is 10.0 Å². The van der Waals surface area contributed by atoms with Crippen LogP contribution in [0.3, 0.4) is 0 Å². The van der Waals surface area contributed by atoms with E-state index in [9.17, 15) is 34.8 Å². The highest BCUT2D eigenvalue weighted by molar-refractivity contribution is 7.89. The quantitative estimate of drug-likeness (QED) is 0.190. The molecule has 5 rings (SSSR count). The van der Waals surface area contributed by atoms with Crippen molar-refractivity contribution >= 4 is 32.3 Å². The Hall–Kier alpha value is -3.61. The summed E-state index contributed by atoms with van der Waals surface area (Å²) in [5.74, 6) is 4.67. The number of nitrogens with zero attached hydrogens (tertiary/aromatic N) is 2. The number of nitrogens with one attached hydrogen (secondary N) is 2. The molecule has 0 amide bonds. The lowest BCUT2D eigenvalue weighted by atomic mass is 9.87. The SMILES string of the molecule is COc1cc(S(N)(=O)=O)ccc1NCC#Cc1cc2c(NC3CCC(N4CCC(C(F)(F)F)CC4)CC3)cccc2n1CC(F)(F)F. The van der Waals surface area contributed by atoms with Crippen molar-refractivity contribution in [1.82, 2.24) is 9.47 Å². The summed E-state index contributed by atoms with van der Waals surface area (Å²) in [7, 11) is -2.58. The molecule has 8 nitrogen and oxygen atoms in total. The van der Waals surface area contributed by atoms with E-state index in [0.29, 0.717) is 35.4 Å². The first kappa shape index (κ1) is 34.7. The van der Waals surface area contributed by atoms with E-state index in [1.807, 2.05) is 6.07 Å². The molecule has 47 heavy (non-hydrogen) atoms. The zero-order valence-corrected chi connectivity index (χ0v) is 26.5. The van der Waals surface area contributed by atoms with E-state index in [1.54, 1.807) is 18.2 Å². The van der Waals surface area contributed by atoms with Crippen molar-refractivity contribution in [2.45, 2.75) is 74.4 Å². The van der Waals surface area contributed by atoms with Gasteiger partial charge >= 0.3 is 12.4 Å². The predicted molar refractivity (Wildman–Crippen MR) is 168 cm³/mol. The molecule has 4 N–H and O–H groups in total. The highest BCUT2D eigenvalue weighted by Crippen LogP contribution is 2.37. The molecule has 2 fully saturated rings. The molecule has 2 heterocycles. The van der Waals surface area contributed by atoms with Crippen LogP contribution in [-0.2, 0) is 16.6 Å². The Morgan fingerprint density at radius 1 is 0.957 bits per heavy atom. The van der Waals surface area contributed by atoms with Crippen molar-refractivity contribution in [2.75, 3.05) is 37.4 Å². The molecular weight excluding hydrogens is 648 g/mol. The highest BCUT2D eigenvalue weighted by Gasteiger charge is 2.42. The van der Waals surface area contributed by atoms with E-state index in [1.165, 1.54) is 25.3 Å². The number of piperidine rings is 1. The molecule has 2 aromatic carbocycles. The Morgan fingerprint density at radius 3 is 2.28 bits per heavy atom. The van der Waals surface area contributed by atoms with Gasteiger partial charge in [0.05, 0.1) is 41.4 Å². The van der Waals surface area contributed by atoms with Gasteiger partial charge < -0.3 is 24.8 Å². The number of likely N-dealkylation sites (tertiary alicyclic amines) is 1. The Kier molecular flexibility index (Phi) is 10.2. The topological polar surface area (TPSA) is 102 Å². The first-order chi connectivity index (χ1) is 22.1. The van der Waals surface area contributed by atoms with Gasteiger partial charge in [0.25, 0.3) is 0 Å². The number of methoxy groups -OCH3 is 1. The van der Waals surface area contributed by atoms with Crippen molar-refractivity contribution in [1.29, 1.82) is 0 Å². The van der Waals surface area contributed by atoms with Gasteiger partial charge in [-0.15, -0.1) is 0 Å². The lowest BCUT2D eigenvalue weighted by Gasteiger charge is -2.41. The van der Waals surface area contributed by atoms with Gasteiger partial charge in [-0.25, -0.2) is 13.6 Å². The second-order valence-corrected chi connectivity index (χ2v) is 13.6. The van der Waals surface area contributed by atoms with E-state index in [-0.39, 0.29) is 47.8 Å². The monoisotopic (exact) mass is 685 g/mol. The van der Waals surface area contributed by atoms with Crippen LogP contribution in [-0.4, -0.2) is 69.1 Å². The molecule has 1 aliphatic heterocycles. The number of nitrogens with two attached hydrogens (primary N) is 1. The third-order valence-corrected chi connectivity index (χ3v) is 9.84. The van der Waals surface area contributed by atoms with Crippen LogP contribution in [0.5, 0.6) is 5.75 Å². The molecule has 15 heteroatoms. The summed E-state index contributed by atoms with van der Waals surface area (Å²) in [6.07, 6.45) is -5.12. The Bertz CT molecular complexity index is 1730. The Morgan fingerprint density at radius 2 is 1.66 bits per heavy atom. The fourth-order valence-electron chi connectivity index (χ4n) is 6.53. The third-order valence-electron chi connectivity index (χ3n) is 8.93.